The van der Waals surface area contributed by atoms with Crippen LogP contribution >= 0.6 is 23.1 Å². The van der Waals surface area contributed by atoms with Gasteiger partial charge in [-0.3, -0.25) is 19.2 Å². The minimum absolute atomic E-state index is 0.0156. The predicted molar refractivity (Wildman–Crippen MR) is 272 cm³/mol. The maximum absolute atomic E-state index is 14.1. The lowest BCUT2D eigenvalue weighted by Crippen LogP contribution is -2.57. The summed E-state index contributed by atoms with van der Waals surface area (Å²) in [5.74, 6) is 0.00933. The summed E-state index contributed by atoms with van der Waals surface area (Å²) in [5.41, 5.74) is 11.1. The lowest BCUT2D eigenvalue weighted by Gasteiger charge is -2.37. The van der Waals surface area contributed by atoms with Crippen molar-refractivity contribution in [2.75, 3.05) is 29.9 Å². The summed E-state index contributed by atoms with van der Waals surface area (Å²) < 4.78 is 0. The van der Waals surface area contributed by atoms with Crippen LogP contribution in [0.15, 0.2) is 76.4 Å². The van der Waals surface area contributed by atoms with Gasteiger partial charge in [-0.25, -0.2) is 15.0 Å². The second-order valence-corrected chi connectivity index (χ2v) is 22.0. The first-order chi connectivity index (χ1) is 32.5. The number of aliphatic hydroxyl groups excluding tert-OH is 1. The maximum atomic E-state index is 14.1. The molecule has 2 aliphatic rings. The molecule has 368 valence electrons. The highest BCUT2D eigenvalue weighted by Gasteiger charge is 2.44. The van der Waals surface area contributed by atoms with Gasteiger partial charge in [-0.2, -0.15) is 0 Å². The summed E-state index contributed by atoms with van der Waals surface area (Å²) in [7, 11) is 0. The highest BCUT2D eigenvalue weighted by molar-refractivity contribution is 7.99. The number of nitrogens with two attached hydrogens (primary N) is 1. The Labute approximate surface area is 411 Å². The van der Waals surface area contributed by atoms with E-state index in [1.165, 1.54) is 16.7 Å². The fourth-order valence-corrected chi connectivity index (χ4v) is 10.4. The van der Waals surface area contributed by atoms with Crippen LogP contribution in [0.5, 0.6) is 0 Å². The number of benzene rings is 2. The summed E-state index contributed by atoms with van der Waals surface area (Å²) in [6, 6.07) is 13.8. The molecule has 2 aliphatic heterocycles. The Bertz CT molecular complexity index is 2270. The summed E-state index contributed by atoms with van der Waals surface area (Å²) in [5, 5.41) is 20.5. The van der Waals surface area contributed by atoms with Crippen molar-refractivity contribution >= 4 is 58.2 Å². The predicted octanol–water partition coefficient (Wildman–Crippen LogP) is 8.98. The molecule has 4 amide bonds. The fourth-order valence-electron chi connectivity index (χ4n) is 8.81. The first kappa shape index (κ1) is 52.5. The second kappa shape index (κ2) is 24.6. The number of carbonyl (C=O) groups is 4. The van der Waals surface area contributed by atoms with Crippen LogP contribution in [-0.2, 0) is 19.2 Å². The molecule has 4 heterocycles. The van der Waals surface area contributed by atoms with Gasteiger partial charge < -0.3 is 36.6 Å². The number of nitrogens with zero attached hydrogens (tertiary/aromatic N) is 5. The molecule has 4 aromatic rings. The molecule has 0 unspecified atom stereocenters. The maximum Gasteiger partial charge on any atom is 0.246 e. The molecular formula is C52H73N9O5S2. The number of thiazole rings is 1. The highest BCUT2D eigenvalue weighted by atomic mass is 32.2. The smallest absolute Gasteiger partial charge is 0.246 e. The van der Waals surface area contributed by atoms with Crippen LogP contribution in [0.2, 0.25) is 0 Å². The van der Waals surface area contributed by atoms with Crippen molar-refractivity contribution in [1.29, 1.82) is 0 Å². The normalized spacial score (nSPS) is 17.9. The van der Waals surface area contributed by atoms with Gasteiger partial charge in [0.2, 0.25) is 23.6 Å². The van der Waals surface area contributed by atoms with Crippen LogP contribution in [0.4, 0.5) is 11.5 Å². The third kappa shape index (κ3) is 15.6. The van der Waals surface area contributed by atoms with Crippen LogP contribution in [0.1, 0.15) is 142 Å². The molecule has 0 aliphatic carbocycles. The average molecular weight is 968 g/mol. The molecule has 68 heavy (non-hydrogen) atoms. The largest absolute Gasteiger partial charge is 0.391 e. The number of β-amino-alcohol motifs (C(OH)–C–C–N with tert-alkyl or cyclic N) is 1. The molecule has 2 saturated heterocycles. The van der Waals surface area contributed by atoms with E-state index in [1.807, 2.05) is 94.9 Å². The van der Waals surface area contributed by atoms with E-state index in [1.54, 1.807) is 17.5 Å². The lowest BCUT2D eigenvalue weighted by molar-refractivity contribution is -0.144. The molecule has 2 fully saturated rings. The third-order valence-corrected chi connectivity index (χ3v) is 14.9. The number of aryl methyl sites for hydroxylation is 1. The van der Waals surface area contributed by atoms with Gasteiger partial charge in [-0.05, 0) is 81.2 Å². The molecule has 0 saturated carbocycles. The van der Waals surface area contributed by atoms with Crippen LogP contribution < -0.4 is 26.6 Å². The SMILES string of the molecule is Cc1ncsc1-c1ccc([C@H](C)NC(=O)[C@@H]2C[C@@H](O)CN2C(=O)[C@@H](NC(=O)CCCCCCCCCCCC(=O)Nc2cccc(Sc3cnc(N4CCC(C)(N)CC4)cn3)c2)C(C)(C)C)cc1. The molecular weight excluding hydrogens is 895 g/mol. The number of likely N-dealkylation sites (tertiary alicyclic amines) is 1. The molecule has 2 aromatic heterocycles. The first-order valence-corrected chi connectivity index (χ1v) is 26.2. The zero-order valence-electron chi connectivity index (χ0n) is 40.9. The Morgan fingerprint density at radius 3 is 2.13 bits per heavy atom. The average Bonchev–Trinajstić information content (AvgIpc) is 3.92. The van der Waals surface area contributed by atoms with Crippen molar-refractivity contribution in [2.45, 2.75) is 171 Å². The van der Waals surface area contributed by atoms with E-state index in [-0.39, 0.29) is 48.2 Å². The number of aliphatic hydroxyl groups is 1. The zero-order valence-corrected chi connectivity index (χ0v) is 42.5. The van der Waals surface area contributed by atoms with Gasteiger partial charge in [0.1, 0.15) is 22.9 Å². The second-order valence-electron chi connectivity index (χ2n) is 20.1. The molecule has 14 nitrogen and oxygen atoms in total. The first-order valence-electron chi connectivity index (χ1n) is 24.5. The van der Waals surface area contributed by atoms with E-state index < -0.39 is 23.6 Å². The van der Waals surface area contributed by atoms with Crippen molar-refractivity contribution in [3.8, 4) is 10.4 Å². The van der Waals surface area contributed by atoms with Crippen molar-refractivity contribution in [3.05, 3.63) is 77.7 Å². The van der Waals surface area contributed by atoms with Crippen molar-refractivity contribution < 1.29 is 24.3 Å². The Hall–Kier alpha value is -4.90. The molecule has 16 heteroatoms. The van der Waals surface area contributed by atoms with Gasteiger partial charge in [0, 0.05) is 55.0 Å². The van der Waals surface area contributed by atoms with Gasteiger partial charge in [0.15, 0.2) is 0 Å². The standard InChI is InChI=1S/C52H73N9O5S2/c1-35(37-21-23-38(24-22-37)47-36(2)56-34-67-47)57-49(65)42-30-40(62)33-61(42)50(66)48(51(3,4)5)59-45(64)20-15-13-11-9-7-8-10-12-14-19-44(63)58-39-17-16-18-41(29-39)68-46-32-54-43(31-55-46)60-27-25-52(6,53)26-28-60/h16-18,21-24,29,31-32,34-35,40,42,48,62H,7-15,19-20,25-28,30,33,53H2,1-6H3,(H,57,65)(H,58,63)(H,59,64)/t35-,40+,42-,48+/m0/s1. The van der Waals surface area contributed by atoms with E-state index in [0.717, 1.165) is 127 Å². The van der Waals surface area contributed by atoms with Crippen LogP contribution in [0, 0.1) is 12.3 Å². The molecule has 2 aromatic carbocycles. The molecule has 0 spiro atoms. The number of rotatable bonds is 22. The summed E-state index contributed by atoms with van der Waals surface area (Å²) in [6.07, 6.45) is 14.5. The minimum atomic E-state index is -0.850. The van der Waals surface area contributed by atoms with Crippen molar-refractivity contribution in [1.82, 2.24) is 30.5 Å². The van der Waals surface area contributed by atoms with Gasteiger partial charge >= 0.3 is 0 Å². The van der Waals surface area contributed by atoms with Crippen LogP contribution in [0.3, 0.4) is 0 Å². The summed E-state index contributed by atoms with van der Waals surface area (Å²) >= 11 is 3.10. The van der Waals surface area contributed by atoms with Crippen molar-refractivity contribution in [2.24, 2.45) is 11.1 Å². The number of anilines is 2. The number of carbonyl (C=O) groups excluding carboxylic acids is 4. The Kier molecular flexibility index (Phi) is 19.0. The quantitative estimate of drug-likeness (QED) is 0.0472. The van der Waals surface area contributed by atoms with Crippen LogP contribution in [-0.4, -0.2) is 91.9 Å². The number of piperidine rings is 1. The zero-order chi connectivity index (χ0) is 48.8. The van der Waals surface area contributed by atoms with Crippen LogP contribution in [0.25, 0.3) is 10.4 Å². The summed E-state index contributed by atoms with van der Waals surface area (Å²) in [4.78, 5) is 73.0. The lowest BCUT2D eigenvalue weighted by atomic mass is 9.85. The van der Waals surface area contributed by atoms with Gasteiger partial charge in [-0.15, -0.1) is 11.3 Å². The Balaban J connectivity index is 0.825. The monoisotopic (exact) mass is 968 g/mol. The molecule has 6 rings (SSSR count). The molecule has 6 N–H and O–H groups in total. The Morgan fingerprint density at radius 1 is 0.882 bits per heavy atom. The van der Waals surface area contributed by atoms with E-state index in [9.17, 15) is 24.3 Å². The fraction of sp³-hybridized carbons (Fsp3) is 0.558. The number of hydrogen-bond donors (Lipinski definition) is 5. The summed E-state index contributed by atoms with van der Waals surface area (Å²) in [6.45, 7) is 13.5. The van der Waals surface area contributed by atoms with E-state index >= 15 is 0 Å². The third-order valence-electron chi connectivity index (χ3n) is 13.1. The van der Waals surface area contributed by atoms with E-state index in [4.69, 9.17) is 5.73 Å². The highest BCUT2D eigenvalue weighted by Crippen LogP contribution is 2.32. The van der Waals surface area contributed by atoms with E-state index in [2.05, 4.69) is 42.7 Å². The van der Waals surface area contributed by atoms with Crippen molar-refractivity contribution in [3.63, 3.8) is 0 Å². The Morgan fingerprint density at radius 2 is 1.53 bits per heavy atom. The van der Waals surface area contributed by atoms with Gasteiger partial charge in [0.05, 0.1) is 40.6 Å². The number of amides is 4. The number of hydrogen-bond acceptors (Lipinski definition) is 12. The van der Waals surface area contributed by atoms with Gasteiger partial charge in [0.25, 0.3) is 0 Å². The minimum Gasteiger partial charge on any atom is -0.391 e. The number of unbranched alkanes of at least 4 members (excludes halogenated alkanes) is 8. The van der Waals surface area contributed by atoms with E-state index in [0.29, 0.717) is 12.8 Å². The molecule has 0 bridgehead atoms. The number of aromatic nitrogens is 3. The molecule has 4 atom stereocenters. The molecule has 0 radical (unpaired) electrons. The van der Waals surface area contributed by atoms with Gasteiger partial charge in [-0.1, -0.05) is 108 Å². The topological polar surface area (TPSA) is 196 Å². The number of nitrogens with one attached hydrogen (secondary N) is 3.